The van der Waals surface area contributed by atoms with Gasteiger partial charge in [0, 0.05) is 24.0 Å². The van der Waals surface area contributed by atoms with Crippen molar-refractivity contribution in [2.24, 2.45) is 0 Å². The summed E-state index contributed by atoms with van der Waals surface area (Å²) in [7, 11) is -3.92. The molecule has 11 heteroatoms. The largest absolute Gasteiger partial charge is 0.377 e. The average molecular weight is 417 g/mol. The number of pyridine rings is 1. The van der Waals surface area contributed by atoms with Crippen LogP contribution in [0.25, 0.3) is 11.3 Å². The van der Waals surface area contributed by atoms with Crippen LogP contribution in [0.3, 0.4) is 0 Å². The van der Waals surface area contributed by atoms with Gasteiger partial charge in [-0.1, -0.05) is 5.16 Å². The summed E-state index contributed by atoms with van der Waals surface area (Å²) in [5.41, 5.74) is 1.28. The molecule has 4 heterocycles. The first-order valence-electron chi connectivity index (χ1n) is 8.90. The minimum absolute atomic E-state index is 0.00556. The molecular weight excluding hydrogens is 398 g/mol. The number of hydrogen-bond donors (Lipinski definition) is 1. The number of aryl methyl sites for hydroxylation is 2. The Kier molecular flexibility index (Phi) is 5.03. The van der Waals surface area contributed by atoms with Gasteiger partial charge in [0.05, 0.1) is 31.0 Å². The van der Waals surface area contributed by atoms with E-state index in [1.165, 1.54) is 17.7 Å². The molecule has 2 atom stereocenters. The van der Waals surface area contributed by atoms with Crippen molar-refractivity contribution >= 4 is 10.0 Å². The molecule has 1 fully saturated rings. The Hall–Kier alpha value is -2.89. The Bertz CT molecular complexity index is 1170. The summed E-state index contributed by atoms with van der Waals surface area (Å²) >= 11 is 0. The molecule has 3 aromatic rings. The molecule has 0 bridgehead atoms. The molecular formula is C18H19N5O5S. The lowest BCUT2D eigenvalue weighted by Crippen LogP contribution is -2.44. The lowest BCUT2D eigenvalue weighted by atomic mass is 10.1. The molecule has 0 saturated carbocycles. The maximum Gasteiger partial charge on any atom is 0.267 e. The van der Waals surface area contributed by atoms with Gasteiger partial charge < -0.3 is 9.26 Å². The van der Waals surface area contributed by atoms with Crippen molar-refractivity contribution in [1.29, 1.82) is 0 Å². The van der Waals surface area contributed by atoms with Crippen LogP contribution >= 0.6 is 0 Å². The van der Waals surface area contributed by atoms with Gasteiger partial charge >= 0.3 is 0 Å². The van der Waals surface area contributed by atoms with E-state index in [-0.39, 0.29) is 35.1 Å². The first-order chi connectivity index (χ1) is 13.9. The van der Waals surface area contributed by atoms with Crippen LogP contribution in [0.2, 0.25) is 0 Å². The van der Waals surface area contributed by atoms with Gasteiger partial charge in [-0.05, 0) is 32.0 Å². The van der Waals surface area contributed by atoms with Gasteiger partial charge in [-0.3, -0.25) is 9.78 Å². The van der Waals surface area contributed by atoms with Crippen LogP contribution < -0.4 is 10.3 Å². The van der Waals surface area contributed by atoms with E-state index in [2.05, 4.69) is 20.0 Å². The fourth-order valence-corrected chi connectivity index (χ4v) is 4.94. The molecule has 0 aromatic carbocycles. The Morgan fingerprint density at radius 3 is 2.59 bits per heavy atom. The molecule has 0 radical (unpaired) electrons. The molecule has 10 nitrogen and oxygen atoms in total. The number of nitrogens with zero attached hydrogens (tertiary/aromatic N) is 4. The van der Waals surface area contributed by atoms with E-state index in [1.54, 1.807) is 37.5 Å². The fraction of sp³-hybridized carbons (Fsp3) is 0.333. The Labute approximate surface area is 166 Å². The normalized spacial score (nSPS) is 19.5. The first kappa shape index (κ1) is 19.4. The van der Waals surface area contributed by atoms with Crippen LogP contribution in [0, 0.1) is 13.8 Å². The van der Waals surface area contributed by atoms with Crippen molar-refractivity contribution in [3.05, 3.63) is 58.5 Å². The van der Waals surface area contributed by atoms with Crippen LogP contribution in [0.15, 0.2) is 50.9 Å². The van der Waals surface area contributed by atoms with Crippen molar-refractivity contribution < 1.29 is 17.7 Å². The third kappa shape index (κ3) is 3.71. The molecule has 1 aliphatic rings. The van der Waals surface area contributed by atoms with E-state index in [0.29, 0.717) is 5.69 Å². The number of rotatable bonds is 5. The standard InChI is InChI=1S/C18H19N5O5S/c1-11-18(12(2)28-21-11)29(25,26)22-15-9-27-10-16(15)23-17(24)4-3-14(20-23)13-5-7-19-8-6-13/h3-8,15-16,22H,9-10H2,1-2H3. The first-order valence-corrected chi connectivity index (χ1v) is 10.4. The highest BCUT2D eigenvalue weighted by Gasteiger charge is 2.36. The zero-order chi connectivity index (χ0) is 20.6. The summed E-state index contributed by atoms with van der Waals surface area (Å²) in [6.07, 6.45) is 3.26. The molecule has 1 aliphatic heterocycles. The van der Waals surface area contributed by atoms with E-state index >= 15 is 0 Å². The van der Waals surface area contributed by atoms with Crippen molar-refractivity contribution in [1.82, 2.24) is 24.6 Å². The predicted molar refractivity (Wildman–Crippen MR) is 102 cm³/mol. The zero-order valence-corrected chi connectivity index (χ0v) is 16.6. The van der Waals surface area contributed by atoms with Crippen LogP contribution in [-0.4, -0.2) is 47.6 Å². The molecule has 0 aliphatic carbocycles. The molecule has 152 valence electrons. The van der Waals surface area contributed by atoms with Gasteiger partial charge in [0.2, 0.25) is 10.0 Å². The Balaban J connectivity index is 1.66. The van der Waals surface area contributed by atoms with Gasteiger partial charge in [0.15, 0.2) is 5.76 Å². The molecule has 3 aromatic heterocycles. The average Bonchev–Trinajstić information content (AvgIpc) is 3.28. The van der Waals surface area contributed by atoms with Crippen LogP contribution in [0.1, 0.15) is 17.5 Å². The highest BCUT2D eigenvalue weighted by Crippen LogP contribution is 2.24. The van der Waals surface area contributed by atoms with Gasteiger partial charge in [0.25, 0.3) is 5.56 Å². The topological polar surface area (TPSA) is 129 Å². The highest BCUT2D eigenvalue weighted by molar-refractivity contribution is 7.89. The summed E-state index contributed by atoms with van der Waals surface area (Å²) in [6, 6.07) is 5.31. The van der Waals surface area contributed by atoms with Gasteiger partial charge in [0.1, 0.15) is 10.6 Å². The minimum atomic E-state index is -3.92. The van der Waals surface area contributed by atoms with Crippen molar-refractivity contribution in [3.8, 4) is 11.3 Å². The fourth-order valence-electron chi connectivity index (χ4n) is 3.35. The summed E-state index contributed by atoms with van der Waals surface area (Å²) < 4.78 is 40.0. The molecule has 1 saturated heterocycles. The second-order valence-corrected chi connectivity index (χ2v) is 8.37. The second-order valence-electron chi connectivity index (χ2n) is 6.72. The van der Waals surface area contributed by atoms with Crippen LogP contribution in [0.4, 0.5) is 0 Å². The lowest BCUT2D eigenvalue weighted by Gasteiger charge is -2.20. The Morgan fingerprint density at radius 2 is 1.90 bits per heavy atom. The maximum absolute atomic E-state index is 12.9. The number of nitrogens with one attached hydrogen (secondary N) is 1. The van der Waals surface area contributed by atoms with Crippen LogP contribution in [-0.2, 0) is 14.8 Å². The molecule has 1 N–H and O–H groups in total. The summed E-state index contributed by atoms with van der Waals surface area (Å²) in [5, 5.41) is 8.13. The third-order valence-electron chi connectivity index (χ3n) is 4.71. The van der Waals surface area contributed by atoms with E-state index in [1.807, 2.05) is 0 Å². The minimum Gasteiger partial charge on any atom is -0.377 e. The number of hydrogen-bond acceptors (Lipinski definition) is 8. The van der Waals surface area contributed by atoms with Gasteiger partial charge in [-0.15, -0.1) is 0 Å². The molecule has 0 spiro atoms. The van der Waals surface area contributed by atoms with E-state index < -0.39 is 22.1 Å². The van der Waals surface area contributed by atoms with Crippen molar-refractivity contribution in [3.63, 3.8) is 0 Å². The second kappa shape index (κ2) is 7.50. The van der Waals surface area contributed by atoms with E-state index in [0.717, 1.165) is 5.56 Å². The summed E-state index contributed by atoms with van der Waals surface area (Å²) in [4.78, 5) is 16.4. The summed E-state index contributed by atoms with van der Waals surface area (Å²) in [5.74, 6) is 0.195. The van der Waals surface area contributed by atoms with Crippen molar-refractivity contribution in [2.75, 3.05) is 13.2 Å². The zero-order valence-electron chi connectivity index (χ0n) is 15.8. The number of sulfonamides is 1. The van der Waals surface area contributed by atoms with Gasteiger partial charge in [-0.25, -0.2) is 17.8 Å². The highest BCUT2D eigenvalue weighted by atomic mass is 32.2. The number of ether oxygens (including phenoxy) is 1. The Morgan fingerprint density at radius 1 is 1.14 bits per heavy atom. The molecule has 0 amide bonds. The number of aromatic nitrogens is 4. The third-order valence-corrected chi connectivity index (χ3v) is 6.44. The maximum atomic E-state index is 12.9. The van der Waals surface area contributed by atoms with Crippen molar-refractivity contribution in [2.45, 2.75) is 30.8 Å². The lowest BCUT2D eigenvalue weighted by molar-refractivity contribution is 0.182. The van der Waals surface area contributed by atoms with E-state index in [9.17, 15) is 13.2 Å². The SMILES string of the molecule is Cc1noc(C)c1S(=O)(=O)NC1COCC1n1nc(-c2ccncc2)ccc1=O. The molecule has 2 unspecified atom stereocenters. The smallest absolute Gasteiger partial charge is 0.267 e. The van der Waals surface area contributed by atoms with Crippen LogP contribution in [0.5, 0.6) is 0 Å². The predicted octanol–water partition coefficient (Wildman–Crippen LogP) is 0.829. The van der Waals surface area contributed by atoms with Gasteiger partial charge in [-0.2, -0.15) is 5.10 Å². The quantitative estimate of drug-likeness (QED) is 0.646. The monoisotopic (exact) mass is 417 g/mol. The summed E-state index contributed by atoms with van der Waals surface area (Å²) in [6.45, 7) is 3.35. The molecule has 29 heavy (non-hydrogen) atoms. The molecule has 4 rings (SSSR count). The van der Waals surface area contributed by atoms with E-state index in [4.69, 9.17) is 9.26 Å².